The van der Waals surface area contributed by atoms with Crippen molar-refractivity contribution in [1.82, 2.24) is 9.78 Å². The molecular formula is C19H16FN7O4. The molecule has 31 heavy (non-hydrogen) atoms. The molecule has 0 amide bonds. The molecule has 3 rings (SSSR count). The Morgan fingerprint density at radius 3 is 2.48 bits per heavy atom. The van der Waals surface area contributed by atoms with Crippen molar-refractivity contribution in [2.75, 3.05) is 17.6 Å². The van der Waals surface area contributed by atoms with E-state index >= 15 is 0 Å². The topological polar surface area (TPSA) is 166 Å². The maximum absolute atomic E-state index is 13.1. The SMILES string of the molecule is N#Cc1c(CCCNc2ccc([N+](=O)[O-])cc2[N+](=O)[O-])nn(-c2ccc(F)cc2)c1N. The van der Waals surface area contributed by atoms with Gasteiger partial charge in [-0.1, -0.05) is 0 Å². The number of nitrogens with one attached hydrogen (secondary N) is 1. The van der Waals surface area contributed by atoms with E-state index in [4.69, 9.17) is 5.73 Å². The van der Waals surface area contributed by atoms with Crippen molar-refractivity contribution in [2.24, 2.45) is 0 Å². The van der Waals surface area contributed by atoms with Gasteiger partial charge in [0.2, 0.25) is 0 Å². The Balaban J connectivity index is 1.71. The molecule has 0 saturated carbocycles. The average Bonchev–Trinajstić information content (AvgIpc) is 3.06. The van der Waals surface area contributed by atoms with Crippen LogP contribution in [-0.2, 0) is 6.42 Å². The van der Waals surface area contributed by atoms with Crippen LogP contribution in [0.5, 0.6) is 0 Å². The number of nitro benzene ring substituents is 2. The number of nitrogens with zero attached hydrogens (tertiary/aromatic N) is 5. The van der Waals surface area contributed by atoms with Gasteiger partial charge in [0.25, 0.3) is 11.4 Å². The summed E-state index contributed by atoms with van der Waals surface area (Å²) in [4.78, 5) is 20.6. The van der Waals surface area contributed by atoms with Gasteiger partial charge in [0.15, 0.2) is 0 Å². The maximum Gasteiger partial charge on any atom is 0.299 e. The Kier molecular flexibility index (Phi) is 6.06. The number of nitriles is 1. The highest BCUT2D eigenvalue weighted by Crippen LogP contribution is 2.29. The van der Waals surface area contributed by atoms with E-state index in [1.165, 1.54) is 41.1 Å². The molecule has 0 saturated heterocycles. The van der Waals surface area contributed by atoms with Gasteiger partial charge in [-0.3, -0.25) is 20.2 Å². The number of benzene rings is 2. The van der Waals surface area contributed by atoms with E-state index in [1.54, 1.807) is 0 Å². The third-order valence-electron chi connectivity index (χ3n) is 4.47. The Morgan fingerprint density at radius 2 is 1.87 bits per heavy atom. The summed E-state index contributed by atoms with van der Waals surface area (Å²) < 4.78 is 14.5. The number of hydrogen-bond acceptors (Lipinski definition) is 8. The Bertz CT molecular complexity index is 1190. The first-order valence-corrected chi connectivity index (χ1v) is 9.02. The molecule has 0 aliphatic heterocycles. The first-order chi connectivity index (χ1) is 14.8. The quantitative estimate of drug-likeness (QED) is 0.315. The molecule has 2 aromatic carbocycles. The molecule has 158 valence electrons. The second kappa shape index (κ2) is 8.87. The summed E-state index contributed by atoms with van der Waals surface area (Å²) in [6, 6.07) is 10.8. The first-order valence-electron chi connectivity index (χ1n) is 9.02. The molecule has 0 aliphatic carbocycles. The van der Waals surface area contributed by atoms with E-state index in [0.717, 1.165) is 6.07 Å². The molecule has 0 fully saturated rings. The van der Waals surface area contributed by atoms with Crippen LogP contribution >= 0.6 is 0 Å². The van der Waals surface area contributed by atoms with Crippen LogP contribution in [0.1, 0.15) is 17.7 Å². The third-order valence-corrected chi connectivity index (χ3v) is 4.47. The number of aromatic nitrogens is 2. The number of hydrogen-bond donors (Lipinski definition) is 2. The predicted molar refractivity (Wildman–Crippen MR) is 109 cm³/mol. The molecule has 1 heterocycles. The van der Waals surface area contributed by atoms with Crippen molar-refractivity contribution in [3.05, 3.63) is 79.8 Å². The zero-order valence-corrected chi connectivity index (χ0v) is 16.0. The molecule has 3 aromatic rings. The van der Waals surface area contributed by atoms with Gasteiger partial charge in [-0.2, -0.15) is 10.4 Å². The minimum Gasteiger partial charge on any atom is -0.382 e. The van der Waals surface area contributed by atoms with Crippen LogP contribution < -0.4 is 11.1 Å². The van der Waals surface area contributed by atoms with Gasteiger partial charge in [0.05, 0.1) is 27.3 Å². The lowest BCUT2D eigenvalue weighted by Gasteiger charge is -2.06. The lowest BCUT2D eigenvalue weighted by atomic mass is 10.1. The minimum absolute atomic E-state index is 0.128. The maximum atomic E-state index is 13.1. The van der Waals surface area contributed by atoms with Crippen LogP contribution in [0.4, 0.5) is 27.3 Å². The number of nitrogens with two attached hydrogens (primary N) is 1. The number of nitro groups is 2. The van der Waals surface area contributed by atoms with Gasteiger partial charge < -0.3 is 11.1 Å². The standard InChI is InChI=1S/C19H16FN7O4/c20-12-3-5-13(6-4-12)25-19(22)15(11-21)16(24-25)2-1-9-23-17-8-7-14(26(28)29)10-18(17)27(30)31/h3-8,10,23H,1-2,9,22H2. The highest BCUT2D eigenvalue weighted by molar-refractivity contribution is 5.65. The summed E-state index contributed by atoms with van der Waals surface area (Å²) in [5.41, 5.74) is 6.51. The monoisotopic (exact) mass is 425 g/mol. The normalized spacial score (nSPS) is 10.5. The smallest absolute Gasteiger partial charge is 0.299 e. The van der Waals surface area contributed by atoms with Crippen molar-refractivity contribution in [2.45, 2.75) is 12.8 Å². The van der Waals surface area contributed by atoms with E-state index in [-0.39, 0.29) is 29.3 Å². The fourth-order valence-electron chi connectivity index (χ4n) is 2.97. The lowest BCUT2D eigenvalue weighted by molar-refractivity contribution is -0.393. The number of anilines is 2. The van der Waals surface area contributed by atoms with Crippen molar-refractivity contribution in [3.8, 4) is 11.8 Å². The number of non-ortho nitro benzene ring substituents is 1. The molecule has 0 aliphatic rings. The first kappa shape index (κ1) is 21.2. The van der Waals surface area contributed by atoms with Crippen LogP contribution in [0.3, 0.4) is 0 Å². The van der Waals surface area contributed by atoms with E-state index in [1.807, 2.05) is 6.07 Å². The predicted octanol–water partition coefficient (Wildman–Crippen LogP) is 3.33. The van der Waals surface area contributed by atoms with Crippen molar-refractivity contribution in [3.63, 3.8) is 0 Å². The molecule has 0 spiro atoms. The minimum atomic E-state index is -0.706. The van der Waals surface area contributed by atoms with E-state index in [2.05, 4.69) is 10.4 Å². The zero-order valence-electron chi connectivity index (χ0n) is 16.0. The molecule has 0 bridgehead atoms. The van der Waals surface area contributed by atoms with Gasteiger partial charge in [0.1, 0.15) is 29.0 Å². The van der Waals surface area contributed by atoms with Crippen LogP contribution in [0.25, 0.3) is 5.69 Å². The van der Waals surface area contributed by atoms with Gasteiger partial charge in [-0.15, -0.1) is 0 Å². The van der Waals surface area contributed by atoms with Crippen LogP contribution in [0.15, 0.2) is 42.5 Å². The summed E-state index contributed by atoms with van der Waals surface area (Å²) in [6.07, 6.45) is 0.789. The molecule has 11 nitrogen and oxygen atoms in total. The molecule has 0 radical (unpaired) electrons. The second-order valence-electron chi connectivity index (χ2n) is 6.45. The summed E-state index contributed by atoms with van der Waals surface area (Å²) in [7, 11) is 0. The fraction of sp³-hybridized carbons (Fsp3) is 0.158. The van der Waals surface area contributed by atoms with Gasteiger partial charge in [0, 0.05) is 12.6 Å². The van der Waals surface area contributed by atoms with Crippen LogP contribution in [-0.4, -0.2) is 26.2 Å². The van der Waals surface area contributed by atoms with Gasteiger partial charge in [-0.05, 0) is 43.2 Å². The number of rotatable bonds is 8. The van der Waals surface area contributed by atoms with E-state index in [9.17, 15) is 29.9 Å². The summed E-state index contributed by atoms with van der Waals surface area (Å²) >= 11 is 0. The molecule has 3 N–H and O–H groups in total. The summed E-state index contributed by atoms with van der Waals surface area (Å²) in [5.74, 6) is -0.287. The number of nitrogen functional groups attached to an aromatic ring is 1. The number of halogens is 1. The zero-order chi connectivity index (χ0) is 22.5. The molecule has 1 aromatic heterocycles. The average molecular weight is 425 g/mol. The number of aryl methyl sites for hydroxylation is 1. The lowest BCUT2D eigenvalue weighted by Crippen LogP contribution is -2.06. The van der Waals surface area contributed by atoms with Gasteiger partial charge >= 0.3 is 0 Å². The highest BCUT2D eigenvalue weighted by Gasteiger charge is 2.20. The largest absolute Gasteiger partial charge is 0.382 e. The second-order valence-corrected chi connectivity index (χ2v) is 6.45. The Labute approximate surface area is 174 Å². The summed E-state index contributed by atoms with van der Waals surface area (Å²) in [6.45, 7) is 0.285. The molecule has 12 heteroatoms. The van der Waals surface area contributed by atoms with Crippen LogP contribution in [0, 0.1) is 37.4 Å². The van der Waals surface area contributed by atoms with Crippen molar-refractivity contribution in [1.29, 1.82) is 5.26 Å². The van der Waals surface area contributed by atoms with Crippen molar-refractivity contribution < 1.29 is 14.2 Å². The molecule has 0 atom stereocenters. The fourth-order valence-corrected chi connectivity index (χ4v) is 2.97. The molecule has 0 unspecified atom stereocenters. The molecular weight excluding hydrogens is 409 g/mol. The highest BCUT2D eigenvalue weighted by atomic mass is 19.1. The van der Waals surface area contributed by atoms with Crippen molar-refractivity contribution >= 4 is 22.9 Å². The third kappa shape index (κ3) is 4.56. The van der Waals surface area contributed by atoms with Gasteiger partial charge in [-0.25, -0.2) is 9.07 Å². The van der Waals surface area contributed by atoms with E-state index < -0.39 is 21.4 Å². The Morgan fingerprint density at radius 1 is 1.16 bits per heavy atom. The summed E-state index contributed by atoms with van der Waals surface area (Å²) in [5, 5.41) is 38.6. The van der Waals surface area contributed by atoms with E-state index in [0.29, 0.717) is 24.2 Å². The van der Waals surface area contributed by atoms with Crippen LogP contribution in [0.2, 0.25) is 0 Å². The Hall–Kier alpha value is -4.53.